The van der Waals surface area contributed by atoms with Gasteiger partial charge in [-0.1, -0.05) is 54.0 Å². The molecule has 0 saturated carbocycles. The predicted molar refractivity (Wildman–Crippen MR) is 92.3 cm³/mol. The molecule has 0 aromatic heterocycles. The van der Waals surface area contributed by atoms with E-state index in [1.165, 1.54) is 5.56 Å². The van der Waals surface area contributed by atoms with Crippen LogP contribution in [0.4, 0.5) is 0 Å². The van der Waals surface area contributed by atoms with Crippen LogP contribution in [-0.4, -0.2) is 17.6 Å². The van der Waals surface area contributed by atoms with Crippen LogP contribution in [0.1, 0.15) is 35.3 Å². The predicted octanol–water partition coefficient (Wildman–Crippen LogP) is 4.21. The van der Waals surface area contributed by atoms with Crippen molar-refractivity contribution in [2.75, 3.05) is 6.54 Å². The summed E-state index contributed by atoms with van der Waals surface area (Å²) in [6.07, 6.45) is 0. The second kappa shape index (κ2) is 7.07. The largest absolute Gasteiger partial charge is 0.478 e. The highest BCUT2D eigenvalue weighted by molar-refractivity contribution is 9.10. The smallest absolute Gasteiger partial charge is 0.335 e. The monoisotopic (exact) mass is 361 g/mol. The Kier molecular flexibility index (Phi) is 5.37. The minimum atomic E-state index is -0.893. The standard InChI is InChI=1S/C18H20BrNO2/c1-18(2,15-7-9-16(19)10-8-15)12-20-11-13-3-5-14(6-4-13)17(21)22/h3-10,20H,11-12H2,1-2H3,(H,21,22). The van der Waals surface area contributed by atoms with Gasteiger partial charge in [0.05, 0.1) is 5.56 Å². The summed E-state index contributed by atoms with van der Waals surface area (Å²) in [7, 11) is 0. The molecule has 0 atom stereocenters. The number of aromatic carboxylic acids is 1. The number of carboxylic acid groups (broad SMARTS) is 1. The molecule has 22 heavy (non-hydrogen) atoms. The SMILES string of the molecule is CC(C)(CNCc1ccc(C(=O)O)cc1)c1ccc(Br)cc1. The Morgan fingerprint density at radius 1 is 1.09 bits per heavy atom. The molecule has 2 aromatic rings. The number of nitrogens with one attached hydrogen (secondary N) is 1. The molecule has 2 aromatic carbocycles. The lowest BCUT2D eigenvalue weighted by Crippen LogP contribution is -2.32. The zero-order valence-electron chi connectivity index (χ0n) is 12.8. The van der Waals surface area contributed by atoms with Crippen LogP contribution in [-0.2, 0) is 12.0 Å². The maximum Gasteiger partial charge on any atom is 0.335 e. The van der Waals surface area contributed by atoms with E-state index >= 15 is 0 Å². The van der Waals surface area contributed by atoms with Gasteiger partial charge in [-0.05, 0) is 35.4 Å². The van der Waals surface area contributed by atoms with E-state index in [1.54, 1.807) is 12.1 Å². The van der Waals surface area contributed by atoms with E-state index in [1.807, 2.05) is 12.1 Å². The third kappa shape index (κ3) is 4.42. The third-order valence-electron chi connectivity index (χ3n) is 3.72. The van der Waals surface area contributed by atoms with E-state index in [2.05, 4.69) is 59.4 Å². The quantitative estimate of drug-likeness (QED) is 0.809. The number of halogens is 1. The Morgan fingerprint density at radius 3 is 2.23 bits per heavy atom. The van der Waals surface area contributed by atoms with Crippen LogP contribution in [0.2, 0.25) is 0 Å². The molecule has 0 spiro atoms. The maximum atomic E-state index is 10.8. The Balaban J connectivity index is 1.92. The summed E-state index contributed by atoms with van der Waals surface area (Å²) in [4.78, 5) is 10.8. The van der Waals surface area contributed by atoms with Gasteiger partial charge < -0.3 is 10.4 Å². The van der Waals surface area contributed by atoms with Crippen molar-refractivity contribution in [1.29, 1.82) is 0 Å². The first-order valence-electron chi connectivity index (χ1n) is 7.17. The summed E-state index contributed by atoms with van der Waals surface area (Å²) in [5.74, 6) is -0.893. The fraction of sp³-hybridized carbons (Fsp3) is 0.278. The molecule has 116 valence electrons. The van der Waals surface area contributed by atoms with E-state index in [-0.39, 0.29) is 5.41 Å². The first kappa shape index (κ1) is 16.7. The molecule has 3 nitrogen and oxygen atoms in total. The first-order chi connectivity index (χ1) is 10.4. The number of hydrogen-bond acceptors (Lipinski definition) is 2. The van der Waals surface area contributed by atoms with E-state index in [0.717, 1.165) is 23.1 Å². The van der Waals surface area contributed by atoms with Gasteiger partial charge in [0.15, 0.2) is 0 Å². The number of benzene rings is 2. The molecule has 2 rings (SSSR count). The zero-order chi connectivity index (χ0) is 16.2. The van der Waals surface area contributed by atoms with E-state index < -0.39 is 5.97 Å². The van der Waals surface area contributed by atoms with Crippen LogP contribution in [0.15, 0.2) is 53.0 Å². The lowest BCUT2D eigenvalue weighted by atomic mass is 9.84. The van der Waals surface area contributed by atoms with Crippen LogP contribution in [0.3, 0.4) is 0 Å². The van der Waals surface area contributed by atoms with Gasteiger partial charge in [-0.15, -0.1) is 0 Å². The van der Waals surface area contributed by atoms with Gasteiger partial charge >= 0.3 is 5.97 Å². The Morgan fingerprint density at radius 2 is 1.68 bits per heavy atom. The van der Waals surface area contributed by atoms with E-state index in [9.17, 15) is 4.79 Å². The fourth-order valence-electron chi connectivity index (χ4n) is 2.29. The Hall–Kier alpha value is -1.65. The van der Waals surface area contributed by atoms with Crippen molar-refractivity contribution < 1.29 is 9.90 Å². The molecule has 0 aliphatic carbocycles. The van der Waals surface area contributed by atoms with Crippen molar-refractivity contribution in [2.45, 2.75) is 25.8 Å². The average molecular weight is 362 g/mol. The second-order valence-electron chi connectivity index (χ2n) is 6.00. The van der Waals surface area contributed by atoms with E-state index in [4.69, 9.17) is 5.11 Å². The lowest BCUT2D eigenvalue weighted by molar-refractivity contribution is 0.0697. The molecule has 0 bridgehead atoms. The molecule has 2 N–H and O–H groups in total. The lowest BCUT2D eigenvalue weighted by Gasteiger charge is -2.26. The second-order valence-corrected chi connectivity index (χ2v) is 6.91. The van der Waals surface area contributed by atoms with Gasteiger partial charge in [0, 0.05) is 23.0 Å². The summed E-state index contributed by atoms with van der Waals surface area (Å²) >= 11 is 3.45. The van der Waals surface area contributed by atoms with Crippen molar-refractivity contribution >= 4 is 21.9 Å². The minimum Gasteiger partial charge on any atom is -0.478 e. The fourth-order valence-corrected chi connectivity index (χ4v) is 2.55. The summed E-state index contributed by atoms with van der Waals surface area (Å²) in [5, 5.41) is 12.3. The van der Waals surface area contributed by atoms with Crippen LogP contribution in [0.25, 0.3) is 0 Å². The molecule has 0 saturated heterocycles. The summed E-state index contributed by atoms with van der Waals surface area (Å²) in [6.45, 7) is 5.97. The maximum absolute atomic E-state index is 10.8. The van der Waals surface area contributed by atoms with Crippen molar-refractivity contribution in [3.63, 3.8) is 0 Å². The summed E-state index contributed by atoms with van der Waals surface area (Å²) in [5.41, 5.74) is 2.71. The third-order valence-corrected chi connectivity index (χ3v) is 4.25. The zero-order valence-corrected chi connectivity index (χ0v) is 14.4. The molecule has 0 heterocycles. The van der Waals surface area contributed by atoms with Crippen molar-refractivity contribution in [3.05, 3.63) is 69.7 Å². The van der Waals surface area contributed by atoms with Crippen molar-refractivity contribution in [2.24, 2.45) is 0 Å². The minimum absolute atomic E-state index is 0.0295. The van der Waals surface area contributed by atoms with Gasteiger partial charge in [0.2, 0.25) is 0 Å². The van der Waals surface area contributed by atoms with Gasteiger partial charge in [0.25, 0.3) is 0 Å². The Bertz CT molecular complexity index is 633. The van der Waals surface area contributed by atoms with Gasteiger partial charge in [-0.25, -0.2) is 4.79 Å². The normalized spacial score (nSPS) is 11.4. The van der Waals surface area contributed by atoms with Gasteiger partial charge in [-0.3, -0.25) is 0 Å². The number of hydrogen-bond donors (Lipinski definition) is 2. The Labute approximate surface area is 139 Å². The summed E-state index contributed by atoms with van der Waals surface area (Å²) < 4.78 is 1.08. The molecular formula is C18H20BrNO2. The van der Waals surface area contributed by atoms with Gasteiger partial charge in [-0.2, -0.15) is 0 Å². The molecule has 0 radical (unpaired) electrons. The molecule has 0 fully saturated rings. The molecule has 4 heteroatoms. The molecule has 0 aliphatic heterocycles. The number of rotatable bonds is 6. The first-order valence-corrected chi connectivity index (χ1v) is 7.97. The molecular weight excluding hydrogens is 342 g/mol. The topological polar surface area (TPSA) is 49.3 Å². The number of carboxylic acids is 1. The molecule has 0 aliphatic rings. The van der Waals surface area contributed by atoms with Crippen molar-refractivity contribution in [3.8, 4) is 0 Å². The van der Waals surface area contributed by atoms with Crippen molar-refractivity contribution in [1.82, 2.24) is 5.32 Å². The van der Waals surface area contributed by atoms with Crippen LogP contribution < -0.4 is 5.32 Å². The average Bonchev–Trinajstić information content (AvgIpc) is 2.48. The highest BCUT2D eigenvalue weighted by Crippen LogP contribution is 2.24. The van der Waals surface area contributed by atoms with E-state index in [0.29, 0.717) is 5.56 Å². The van der Waals surface area contributed by atoms with Crippen LogP contribution in [0.5, 0.6) is 0 Å². The highest BCUT2D eigenvalue weighted by Gasteiger charge is 2.19. The summed E-state index contributed by atoms with van der Waals surface area (Å²) in [6, 6.07) is 15.4. The number of carbonyl (C=O) groups is 1. The molecule has 0 amide bonds. The highest BCUT2D eigenvalue weighted by atomic mass is 79.9. The van der Waals surface area contributed by atoms with Gasteiger partial charge in [0.1, 0.15) is 0 Å². The molecule has 0 unspecified atom stereocenters. The van der Waals surface area contributed by atoms with Crippen LogP contribution in [0, 0.1) is 0 Å². The van der Waals surface area contributed by atoms with Crippen LogP contribution >= 0.6 is 15.9 Å².